The molecule has 0 aromatic heterocycles. The lowest BCUT2D eigenvalue weighted by atomic mass is 10.0. The Morgan fingerprint density at radius 3 is 2.50 bits per heavy atom. The summed E-state index contributed by atoms with van der Waals surface area (Å²) in [5.41, 5.74) is 2.11. The Bertz CT molecular complexity index is 543. The topological polar surface area (TPSA) is 52.6 Å². The molecule has 134 valence electrons. The quantitative estimate of drug-likeness (QED) is 0.600. The van der Waals surface area contributed by atoms with E-state index in [0.29, 0.717) is 13.1 Å². The van der Waals surface area contributed by atoms with Crippen LogP contribution in [0.25, 0.3) is 4.91 Å². The van der Waals surface area contributed by atoms with Crippen LogP contribution >= 0.6 is 12.6 Å². The number of thiol groups is 1. The van der Waals surface area contributed by atoms with E-state index in [4.69, 9.17) is 5.11 Å². The van der Waals surface area contributed by atoms with Gasteiger partial charge in [0.25, 0.3) is 0 Å². The molecule has 0 radical (unpaired) electrons. The third kappa shape index (κ3) is 6.30. The Labute approximate surface area is 151 Å². The summed E-state index contributed by atoms with van der Waals surface area (Å²) in [4.78, 5) is 15.3. The van der Waals surface area contributed by atoms with Crippen LogP contribution in [0.1, 0.15) is 44.4 Å². The van der Waals surface area contributed by atoms with Gasteiger partial charge in [-0.2, -0.15) is 0 Å². The summed E-state index contributed by atoms with van der Waals surface area (Å²) in [6.07, 6.45) is 2.77. The van der Waals surface area contributed by atoms with Crippen LogP contribution in [0.15, 0.2) is 30.3 Å². The van der Waals surface area contributed by atoms with E-state index in [1.54, 1.807) is 0 Å². The zero-order valence-electron chi connectivity index (χ0n) is 15.1. The van der Waals surface area contributed by atoms with Crippen LogP contribution < -0.4 is 5.32 Å². The van der Waals surface area contributed by atoms with Crippen LogP contribution in [0.5, 0.6) is 0 Å². The molecule has 0 saturated heterocycles. The molecule has 0 bridgehead atoms. The van der Waals surface area contributed by atoms with Crippen molar-refractivity contribution >= 4 is 23.4 Å². The minimum absolute atomic E-state index is 0.0120. The highest BCUT2D eigenvalue weighted by molar-refractivity contribution is 7.90. The molecule has 4 nitrogen and oxygen atoms in total. The van der Waals surface area contributed by atoms with Gasteiger partial charge in [0.05, 0.1) is 12.6 Å². The van der Waals surface area contributed by atoms with Crippen molar-refractivity contribution in [1.29, 1.82) is 0 Å². The van der Waals surface area contributed by atoms with Crippen LogP contribution in [-0.2, 0) is 4.79 Å². The minimum Gasteiger partial charge on any atom is -0.395 e. The maximum atomic E-state index is 12.3. The summed E-state index contributed by atoms with van der Waals surface area (Å²) in [6, 6.07) is 8.00. The minimum atomic E-state index is -0.105. The lowest BCUT2D eigenvalue weighted by molar-refractivity contribution is -0.125. The second-order valence-corrected chi connectivity index (χ2v) is 6.63. The largest absolute Gasteiger partial charge is 0.395 e. The average molecular weight is 351 g/mol. The fraction of sp³-hybridized carbons (Fsp3) is 0.526. The van der Waals surface area contributed by atoms with E-state index >= 15 is 0 Å². The Morgan fingerprint density at radius 1 is 1.38 bits per heavy atom. The first-order chi connectivity index (χ1) is 11.4. The highest BCUT2D eigenvalue weighted by atomic mass is 32.1. The summed E-state index contributed by atoms with van der Waals surface area (Å²) in [5.74, 6) is 0.0503. The Kier molecular flexibility index (Phi) is 9.11. The number of amides is 1. The SMILES string of the molecule is C/C=C(/S)c1ccc([C@H](CN(C)CCO)NC(=O)C(C)CC)cc1. The first kappa shape index (κ1) is 20.7. The molecule has 1 unspecified atom stereocenters. The van der Waals surface area contributed by atoms with Crippen molar-refractivity contribution in [2.24, 2.45) is 5.92 Å². The molecule has 1 aromatic carbocycles. The van der Waals surface area contributed by atoms with Crippen LogP contribution in [0.3, 0.4) is 0 Å². The van der Waals surface area contributed by atoms with Crippen LogP contribution in [0.4, 0.5) is 0 Å². The van der Waals surface area contributed by atoms with Crippen LogP contribution in [0.2, 0.25) is 0 Å². The number of hydrogen-bond acceptors (Lipinski definition) is 4. The molecule has 0 aliphatic heterocycles. The van der Waals surface area contributed by atoms with Crippen molar-refractivity contribution in [1.82, 2.24) is 10.2 Å². The molecular formula is C19H30N2O2S. The number of aliphatic hydroxyl groups excluding tert-OH is 1. The van der Waals surface area contributed by atoms with E-state index in [-0.39, 0.29) is 24.5 Å². The van der Waals surface area contributed by atoms with Crippen LogP contribution in [-0.4, -0.2) is 42.7 Å². The zero-order chi connectivity index (χ0) is 18.1. The summed E-state index contributed by atoms with van der Waals surface area (Å²) in [5, 5.41) is 12.2. The number of rotatable bonds is 9. The van der Waals surface area contributed by atoms with Gasteiger partial charge in [-0.25, -0.2) is 0 Å². The number of hydrogen-bond donors (Lipinski definition) is 3. The Balaban J connectivity index is 2.96. The summed E-state index contributed by atoms with van der Waals surface area (Å²) in [6.45, 7) is 7.23. The highest BCUT2D eigenvalue weighted by Crippen LogP contribution is 2.22. The molecule has 0 saturated carbocycles. The number of carbonyl (C=O) groups excluding carboxylic acids is 1. The average Bonchev–Trinajstić information content (AvgIpc) is 2.59. The van der Waals surface area contributed by atoms with Crippen molar-refractivity contribution < 1.29 is 9.90 Å². The zero-order valence-corrected chi connectivity index (χ0v) is 16.0. The second-order valence-electron chi connectivity index (χ2n) is 6.15. The normalized spacial score (nSPS) is 14.5. The predicted molar refractivity (Wildman–Crippen MR) is 104 cm³/mol. The standard InChI is InChI=1S/C19H30N2O2S/c1-5-14(3)19(23)20-17(13-21(4)11-12-22)15-7-9-16(10-8-15)18(24)6-2/h6-10,14,17,22,24H,5,11-13H2,1-4H3,(H,20,23)/b18-6+/t14?,17-/m0/s1. The first-order valence-electron chi connectivity index (χ1n) is 8.48. The summed E-state index contributed by atoms with van der Waals surface area (Å²) >= 11 is 4.44. The van der Waals surface area contributed by atoms with Crippen molar-refractivity contribution in [2.75, 3.05) is 26.7 Å². The number of aliphatic hydroxyl groups is 1. The van der Waals surface area contributed by atoms with Crippen molar-refractivity contribution in [3.63, 3.8) is 0 Å². The third-order valence-electron chi connectivity index (χ3n) is 4.23. The molecule has 1 amide bonds. The van der Waals surface area contributed by atoms with Gasteiger partial charge in [0.2, 0.25) is 5.91 Å². The number of benzene rings is 1. The molecule has 1 rings (SSSR count). The van der Waals surface area contributed by atoms with Gasteiger partial charge in [-0.05, 0) is 31.5 Å². The molecule has 0 heterocycles. The third-order valence-corrected chi connectivity index (χ3v) is 4.75. The fourth-order valence-corrected chi connectivity index (χ4v) is 2.51. The van der Waals surface area contributed by atoms with Gasteiger partial charge in [0.15, 0.2) is 0 Å². The monoisotopic (exact) mass is 350 g/mol. The van der Waals surface area contributed by atoms with E-state index < -0.39 is 0 Å². The summed E-state index contributed by atoms with van der Waals surface area (Å²) in [7, 11) is 1.94. The van der Waals surface area contributed by atoms with Crippen molar-refractivity contribution in [2.45, 2.75) is 33.2 Å². The number of likely N-dealkylation sites (N-methyl/N-ethyl adjacent to an activating group) is 1. The molecule has 5 heteroatoms. The van der Waals surface area contributed by atoms with Crippen molar-refractivity contribution in [3.8, 4) is 0 Å². The maximum Gasteiger partial charge on any atom is 0.223 e. The van der Waals surface area contributed by atoms with Gasteiger partial charge in [0, 0.05) is 23.9 Å². The van der Waals surface area contributed by atoms with E-state index in [9.17, 15) is 4.79 Å². The molecule has 0 aliphatic carbocycles. The van der Waals surface area contributed by atoms with E-state index in [1.807, 2.05) is 63.1 Å². The predicted octanol–water partition coefficient (Wildman–Crippen LogP) is 3.10. The molecular weight excluding hydrogens is 320 g/mol. The molecule has 0 aliphatic rings. The lowest BCUT2D eigenvalue weighted by Crippen LogP contribution is -2.39. The molecule has 2 N–H and O–H groups in total. The molecule has 0 fully saturated rings. The van der Waals surface area contributed by atoms with Gasteiger partial charge < -0.3 is 15.3 Å². The Hall–Kier alpha value is -1.30. The van der Waals surface area contributed by atoms with Gasteiger partial charge in [-0.3, -0.25) is 4.79 Å². The van der Waals surface area contributed by atoms with Gasteiger partial charge in [-0.15, -0.1) is 12.6 Å². The van der Waals surface area contributed by atoms with Gasteiger partial charge >= 0.3 is 0 Å². The second kappa shape index (κ2) is 10.5. The lowest BCUT2D eigenvalue weighted by Gasteiger charge is -2.26. The highest BCUT2D eigenvalue weighted by Gasteiger charge is 2.19. The molecule has 1 aromatic rings. The first-order valence-corrected chi connectivity index (χ1v) is 8.93. The van der Waals surface area contributed by atoms with Gasteiger partial charge in [0.1, 0.15) is 0 Å². The maximum absolute atomic E-state index is 12.3. The van der Waals surface area contributed by atoms with E-state index in [0.717, 1.165) is 22.5 Å². The Morgan fingerprint density at radius 2 is 2.00 bits per heavy atom. The number of allylic oxidation sites excluding steroid dienone is 1. The molecule has 2 atom stereocenters. The van der Waals surface area contributed by atoms with E-state index in [2.05, 4.69) is 17.9 Å². The summed E-state index contributed by atoms with van der Waals surface area (Å²) < 4.78 is 0. The number of nitrogens with one attached hydrogen (secondary N) is 1. The smallest absolute Gasteiger partial charge is 0.223 e. The van der Waals surface area contributed by atoms with Crippen LogP contribution in [0, 0.1) is 5.92 Å². The van der Waals surface area contributed by atoms with Gasteiger partial charge in [-0.1, -0.05) is 44.2 Å². The fourth-order valence-electron chi connectivity index (χ4n) is 2.36. The number of carbonyl (C=O) groups is 1. The molecule has 24 heavy (non-hydrogen) atoms. The molecule has 0 spiro atoms. The van der Waals surface area contributed by atoms with Crippen molar-refractivity contribution in [3.05, 3.63) is 41.5 Å². The number of nitrogens with zero attached hydrogens (tertiary/aromatic N) is 1. The van der Waals surface area contributed by atoms with E-state index in [1.165, 1.54) is 0 Å².